The highest BCUT2D eigenvalue weighted by Crippen LogP contribution is 2.34. The number of hydrogen-bond donors (Lipinski definition) is 2. The second-order valence-corrected chi connectivity index (χ2v) is 7.57. The maximum Gasteiger partial charge on any atom is 0.264 e. The van der Waals surface area contributed by atoms with E-state index in [4.69, 9.17) is 0 Å². The number of nitrogens with zero attached hydrogens (tertiary/aromatic N) is 1. The molecular weight excluding hydrogens is 362 g/mol. The number of rotatable bonds is 4. The summed E-state index contributed by atoms with van der Waals surface area (Å²) in [5, 5.41) is 5.54. The summed E-state index contributed by atoms with van der Waals surface area (Å²) in [7, 11) is 0. The van der Waals surface area contributed by atoms with Crippen molar-refractivity contribution in [3.8, 4) is 0 Å². The van der Waals surface area contributed by atoms with Crippen molar-refractivity contribution in [1.82, 2.24) is 10.2 Å². The summed E-state index contributed by atoms with van der Waals surface area (Å²) in [6, 6.07) is 4.19. The number of nitrogens with one attached hydrogen (secondary N) is 2. The Morgan fingerprint density at radius 1 is 1.00 bits per heavy atom. The summed E-state index contributed by atoms with van der Waals surface area (Å²) in [5.41, 5.74) is 1.11. The smallest absolute Gasteiger partial charge is 0.264 e. The third-order valence-corrected chi connectivity index (χ3v) is 5.79. The minimum absolute atomic E-state index is 0.0887. The molecule has 1 atom stereocenters. The predicted molar refractivity (Wildman–Crippen MR) is 98.5 cm³/mol. The van der Waals surface area contributed by atoms with E-state index in [1.54, 1.807) is 18.2 Å². The Balaban J connectivity index is 1.57. The summed E-state index contributed by atoms with van der Waals surface area (Å²) in [5.74, 6) is -1.95. The monoisotopic (exact) mass is 383 g/mol. The number of amides is 4. The first kappa shape index (κ1) is 18.3. The Hall–Kier alpha value is -3.03. The fourth-order valence-electron chi connectivity index (χ4n) is 4.25. The Kier molecular flexibility index (Phi) is 4.70. The molecule has 1 unspecified atom stereocenters. The Bertz CT molecular complexity index is 873. The number of aldehydes is 1. The molecule has 8 heteroatoms. The molecule has 1 aromatic rings. The molecule has 0 spiro atoms. The fraction of sp³-hybridized carbons (Fsp3) is 0.450. The van der Waals surface area contributed by atoms with E-state index >= 15 is 0 Å². The summed E-state index contributed by atoms with van der Waals surface area (Å²) in [6.45, 7) is 0. The van der Waals surface area contributed by atoms with Crippen LogP contribution in [0.3, 0.4) is 0 Å². The van der Waals surface area contributed by atoms with E-state index in [2.05, 4.69) is 10.6 Å². The molecule has 0 bridgehead atoms. The molecule has 3 aliphatic rings. The van der Waals surface area contributed by atoms with Crippen LogP contribution in [-0.2, 0) is 14.4 Å². The number of anilines is 1. The normalized spacial score (nSPS) is 27.4. The zero-order valence-corrected chi connectivity index (χ0v) is 15.3. The van der Waals surface area contributed by atoms with Crippen LogP contribution in [-0.4, -0.2) is 46.9 Å². The first-order chi connectivity index (χ1) is 13.5. The lowest BCUT2D eigenvalue weighted by Gasteiger charge is -2.28. The Morgan fingerprint density at radius 2 is 1.75 bits per heavy atom. The van der Waals surface area contributed by atoms with Gasteiger partial charge in [-0.25, -0.2) is 0 Å². The lowest BCUT2D eigenvalue weighted by molar-refractivity contribution is -0.136. The molecule has 2 N–H and O–H groups in total. The van der Waals surface area contributed by atoms with E-state index in [9.17, 15) is 24.0 Å². The van der Waals surface area contributed by atoms with Crippen LogP contribution >= 0.6 is 0 Å². The van der Waals surface area contributed by atoms with Gasteiger partial charge in [0.15, 0.2) is 0 Å². The highest BCUT2D eigenvalue weighted by molar-refractivity contribution is 6.25. The van der Waals surface area contributed by atoms with Crippen LogP contribution in [0.2, 0.25) is 0 Å². The lowest BCUT2D eigenvalue weighted by Crippen LogP contribution is -2.54. The van der Waals surface area contributed by atoms with E-state index in [-0.39, 0.29) is 35.9 Å². The molecule has 1 saturated heterocycles. The van der Waals surface area contributed by atoms with Gasteiger partial charge in [-0.15, -0.1) is 0 Å². The molecule has 146 valence electrons. The van der Waals surface area contributed by atoms with Crippen molar-refractivity contribution in [2.24, 2.45) is 5.92 Å². The van der Waals surface area contributed by atoms with Crippen LogP contribution in [0.25, 0.3) is 0 Å². The maximum absolute atomic E-state index is 13.0. The van der Waals surface area contributed by atoms with Gasteiger partial charge in [0.1, 0.15) is 12.3 Å². The Morgan fingerprint density at radius 3 is 2.43 bits per heavy atom. The number of piperidine rings is 1. The fourth-order valence-corrected chi connectivity index (χ4v) is 4.25. The number of imide groups is 2. The first-order valence-electron chi connectivity index (χ1n) is 9.56. The average molecular weight is 383 g/mol. The summed E-state index contributed by atoms with van der Waals surface area (Å²) in [6.07, 6.45) is 4.44. The average Bonchev–Trinajstić information content (AvgIpc) is 2.94. The first-order valence-corrected chi connectivity index (χ1v) is 9.56. The van der Waals surface area contributed by atoms with E-state index < -0.39 is 29.7 Å². The number of hydrogen-bond acceptors (Lipinski definition) is 6. The molecule has 28 heavy (non-hydrogen) atoms. The van der Waals surface area contributed by atoms with Gasteiger partial charge in [-0.2, -0.15) is 0 Å². The molecule has 1 aliphatic carbocycles. The standard InChI is InChI=1S/C20H21N3O5/c24-10-11-4-6-12(7-5-11)21-14-3-1-2-13-17(14)20(28)23(19(13)27)15-8-9-16(25)22-18(15)26/h1-3,10-12,15,21H,4-9H2,(H,22,25,26). The van der Waals surface area contributed by atoms with Crippen LogP contribution < -0.4 is 10.6 Å². The predicted octanol–water partition coefficient (Wildman–Crippen LogP) is 1.26. The molecule has 0 radical (unpaired) electrons. The number of fused-ring (bicyclic) bond motifs is 1. The molecule has 1 saturated carbocycles. The second-order valence-electron chi connectivity index (χ2n) is 7.57. The molecule has 0 aromatic heterocycles. The van der Waals surface area contributed by atoms with Crippen LogP contribution in [0.15, 0.2) is 18.2 Å². The summed E-state index contributed by atoms with van der Waals surface area (Å²) >= 11 is 0. The van der Waals surface area contributed by atoms with Crippen LogP contribution in [0.4, 0.5) is 5.69 Å². The summed E-state index contributed by atoms with van der Waals surface area (Å²) < 4.78 is 0. The third-order valence-electron chi connectivity index (χ3n) is 5.79. The third kappa shape index (κ3) is 3.08. The van der Waals surface area contributed by atoms with E-state index in [0.717, 1.165) is 36.9 Å². The van der Waals surface area contributed by atoms with Gasteiger partial charge in [0, 0.05) is 24.1 Å². The molecule has 1 aromatic carbocycles. The van der Waals surface area contributed by atoms with Gasteiger partial charge < -0.3 is 10.1 Å². The molecule has 2 fully saturated rings. The van der Waals surface area contributed by atoms with E-state index in [1.165, 1.54) is 0 Å². The van der Waals surface area contributed by atoms with Crippen molar-refractivity contribution >= 4 is 35.6 Å². The van der Waals surface area contributed by atoms with E-state index in [1.807, 2.05) is 0 Å². The molecule has 8 nitrogen and oxygen atoms in total. The van der Waals surface area contributed by atoms with Gasteiger partial charge >= 0.3 is 0 Å². The molecule has 4 amide bonds. The summed E-state index contributed by atoms with van der Waals surface area (Å²) in [4.78, 5) is 61.3. The quantitative estimate of drug-likeness (QED) is 0.598. The molecular formula is C20H21N3O5. The van der Waals surface area contributed by atoms with Gasteiger partial charge in [-0.3, -0.25) is 29.4 Å². The van der Waals surface area contributed by atoms with Gasteiger partial charge in [0.05, 0.1) is 11.1 Å². The molecule has 2 heterocycles. The van der Waals surface area contributed by atoms with Crippen molar-refractivity contribution in [3.63, 3.8) is 0 Å². The van der Waals surface area contributed by atoms with Crippen LogP contribution in [0.1, 0.15) is 59.2 Å². The van der Waals surface area contributed by atoms with Crippen LogP contribution in [0, 0.1) is 5.92 Å². The number of benzene rings is 1. The topological polar surface area (TPSA) is 113 Å². The maximum atomic E-state index is 13.0. The Labute approximate surface area is 161 Å². The van der Waals surface area contributed by atoms with E-state index in [0.29, 0.717) is 5.69 Å². The zero-order chi connectivity index (χ0) is 19.8. The highest BCUT2D eigenvalue weighted by Gasteiger charge is 2.45. The van der Waals surface area contributed by atoms with Gasteiger partial charge in [-0.1, -0.05) is 6.07 Å². The van der Waals surface area contributed by atoms with Crippen molar-refractivity contribution in [3.05, 3.63) is 29.3 Å². The van der Waals surface area contributed by atoms with Crippen molar-refractivity contribution in [2.45, 2.75) is 50.6 Å². The van der Waals surface area contributed by atoms with Gasteiger partial charge in [0.25, 0.3) is 11.8 Å². The lowest BCUT2D eigenvalue weighted by atomic mass is 9.87. The number of carbonyl (C=O) groups excluding carboxylic acids is 5. The van der Waals surface area contributed by atoms with Gasteiger partial charge in [0.2, 0.25) is 11.8 Å². The largest absolute Gasteiger partial charge is 0.382 e. The highest BCUT2D eigenvalue weighted by atomic mass is 16.2. The molecule has 4 rings (SSSR count). The van der Waals surface area contributed by atoms with Crippen LogP contribution in [0.5, 0.6) is 0 Å². The minimum atomic E-state index is -0.971. The molecule has 2 aliphatic heterocycles. The SMILES string of the molecule is O=CC1CCC(Nc2cccc3c2C(=O)N(C2CCC(=O)NC2=O)C3=O)CC1. The van der Waals surface area contributed by atoms with Crippen molar-refractivity contribution in [2.75, 3.05) is 5.32 Å². The number of carbonyl (C=O) groups is 5. The zero-order valence-electron chi connectivity index (χ0n) is 15.3. The van der Waals surface area contributed by atoms with Gasteiger partial charge in [-0.05, 0) is 44.2 Å². The minimum Gasteiger partial charge on any atom is -0.382 e. The van der Waals surface area contributed by atoms with Crippen molar-refractivity contribution < 1.29 is 24.0 Å². The van der Waals surface area contributed by atoms with Crippen molar-refractivity contribution in [1.29, 1.82) is 0 Å². The second kappa shape index (κ2) is 7.18.